The molecule has 0 radical (unpaired) electrons. The van der Waals surface area contributed by atoms with Crippen molar-refractivity contribution in [1.82, 2.24) is 0 Å². The number of hydrogen-bond donors (Lipinski definition) is 0. The standard InChI is InChI=1S/C39H36BNO3/c1-37(2)31-14-8-10-16-33(31)41(34-17-11-9-15-32(34)37)28-22-26(21-27(24-28)40-43-38(3,4)39(5,6)44-40)25-19-20-36-30(23-25)29-13-7-12-18-35(29)42-36/h7-24H,1-6H3. The summed E-state index contributed by atoms with van der Waals surface area (Å²) in [7, 11) is -0.496. The highest BCUT2D eigenvalue weighted by molar-refractivity contribution is 6.62. The van der Waals surface area contributed by atoms with Gasteiger partial charge in [-0.25, -0.2) is 0 Å². The second-order valence-corrected chi connectivity index (χ2v) is 13.7. The van der Waals surface area contributed by atoms with Crippen LogP contribution in [-0.4, -0.2) is 18.3 Å². The summed E-state index contributed by atoms with van der Waals surface area (Å²) in [5.74, 6) is 0. The lowest BCUT2D eigenvalue weighted by atomic mass is 9.73. The van der Waals surface area contributed by atoms with Crippen molar-refractivity contribution < 1.29 is 13.7 Å². The Balaban J connectivity index is 1.36. The fourth-order valence-electron chi connectivity index (χ4n) is 6.90. The zero-order valence-corrected chi connectivity index (χ0v) is 26.1. The number of anilines is 3. The van der Waals surface area contributed by atoms with Crippen molar-refractivity contribution in [1.29, 1.82) is 0 Å². The first-order valence-electron chi connectivity index (χ1n) is 15.4. The van der Waals surface area contributed by atoms with Gasteiger partial charge < -0.3 is 18.6 Å². The van der Waals surface area contributed by atoms with E-state index in [0.717, 1.165) is 44.2 Å². The molecule has 0 bridgehead atoms. The zero-order chi connectivity index (χ0) is 30.4. The first-order chi connectivity index (χ1) is 21.0. The van der Waals surface area contributed by atoms with Gasteiger partial charge in [-0.3, -0.25) is 0 Å². The molecule has 0 N–H and O–H groups in total. The van der Waals surface area contributed by atoms with Gasteiger partial charge in [0, 0.05) is 21.9 Å². The molecule has 0 aliphatic carbocycles. The average Bonchev–Trinajstić information content (AvgIpc) is 3.49. The van der Waals surface area contributed by atoms with Crippen molar-refractivity contribution in [2.75, 3.05) is 4.90 Å². The lowest BCUT2D eigenvalue weighted by molar-refractivity contribution is 0.00578. The number of benzene rings is 5. The Morgan fingerprint density at radius 3 is 1.82 bits per heavy atom. The summed E-state index contributed by atoms with van der Waals surface area (Å²) in [6, 6.07) is 39.0. The molecule has 3 heterocycles. The molecule has 218 valence electrons. The van der Waals surface area contributed by atoms with Gasteiger partial charge in [0.1, 0.15) is 11.2 Å². The number of fused-ring (bicyclic) bond motifs is 5. The molecule has 1 aromatic heterocycles. The van der Waals surface area contributed by atoms with E-state index in [9.17, 15) is 0 Å². The first-order valence-corrected chi connectivity index (χ1v) is 15.4. The molecule has 0 saturated carbocycles. The van der Waals surface area contributed by atoms with E-state index in [0.29, 0.717) is 0 Å². The van der Waals surface area contributed by atoms with Gasteiger partial charge in [0.15, 0.2) is 0 Å². The van der Waals surface area contributed by atoms with Crippen LogP contribution in [0.4, 0.5) is 17.1 Å². The van der Waals surface area contributed by atoms with Crippen molar-refractivity contribution in [3.05, 3.63) is 120 Å². The van der Waals surface area contributed by atoms with Crippen LogP contribution in [0.2, 0.25) is 0 Å². The molecule has 5 heteroatoms. The summed E-state index contributed by atoms with van der Waals surface area (Å²) in [5.41, 5.74) is 9.99. The van der Waals surface area contributed by atoms with Crippen molar-refractivity contribution >= 4 is 51.6 Å². The molecule has 44 heavy (non-hydrogen) atoms. The number of para-hydroxylation sites is 3. The SMILES string of the molecule is CC1(C)c2ccccc2N(c2cc(B3OC(C)(C)C(C)(C)O3)cc(-c3ccc4oc5ccccc5c4c3)c2)c2ccccc21. The topological polar surface area (TPSA) is 34.8 Å². The minimum absolute atomic E-state index is 0.136. The predicted octanol–water partition coefficient (Wildman–Crippen LogP) is 9.66. The van der Waals surface area contributed by atoms with Gasteiger partial charge in [-0.1, -0.05) is 80.6 Å². The molecule has 8 rings (SSSR count). The number of rotatable bonds is 3. The Morgan fingerprint density at radius 2 is 1.14 bits per heavy atom. The zero-order valence-electron chi connectivity index (χ0n) is 26.1. The highest BCUT2D eigenvalue weighted by atomic mass is 16.7. The van der Waals surface area contributed by atoms with Crippen LogP contribution in [0.3, 0.4) is 0 Å². The van der Waals surface area contributed by atoms with E-state index < -0.39 is 18.3 Å². The number of hydrogen-bond acceptors (Lipinski definition) is 4. The van der Waals surface area contributed by atoms with Gasteiger partial charge in [-0.2, -0.15) is 0 Å². The van der Waals surface area contributed by atoms with Gasteiger partial charge in [-0.15, -0.1) is 0 Å². The van der Waals surface area contributed by atoms with E-state index in [1.807, 2.05) is 12.1 Å². The van der Waals surface area contributed by atoms with Crippen LogP contribution in [0.5, 0.6) is 0 Å². The fourth-order valence-corrected chi connectivity index (χ4v) is 6.90. The third kappa shape index (κ3) is 3.99. The van der Waals surface area contributed by atoms with Gasteiger partial charge in [0.2, 0.25) is 0 Å². The van der Waals surface area contributed by atoms with Gasteiger partial charge in [0.25, 0.3) is 0 Å². The number of nitrogens with zero attached hydrogens (tertiary/aromatic N) is 1. The molecule has 0 spiro atoms. The van der Waals surface area contributed by atoms with Gasteiger partial charge >= 0.3 is 7.12 Å². The van der Waals surface area contributed by atoms with Crippen LogP contribution in [0, 0.1) is 0 Å². The van der Waals surface area contributed by atoms with E-state index in [-0.39, 0.29) is 5.41 Å². The van der Waals surface area contributed by atoms with E-state index in [2.05, 4.69) is 144 Å². The second-order valence-electron chi connectivity index (χ2n) is 13.7. The van der Waals surface area contributed by atoms with Crippen LogP contribution < -0.4 is 10.4 Å². The maximum absolute atomic E-state index is 6.62. The fraction of sp³-hybridized carbons (Fsp3) is 0.231. The molecular weight excluding hydrogens is 541 g/mol. The summed E-state index contributed by atoms with van der Waals surface area (Å²) >= 11 is 0. The highest BCUT2D eigenvalue weighted by Gasteiger charge is 2.52. The molecule has 0 unspecified atom stereocenters. The predicted molar refractivity (Wildman–Crippen MR) is 182 cm³/mol. The Morgan fingerprint density at radius 1 is 0.545 bits per heavy atom. The Hall–Kier alpha value is -4.32. The van der Waals surface area contributed by atoms with Crippen LogP contribution in [0.25, 0.3) is 33.1 Å². The lowest BCUT2D eigenvalue weighted by Gasteiger charge is -2.42. The Kier molecular flexibility index (Phi) is 5.79. The van der Waals surface area contributed by atoms with E-state index >= 15 is 0 Å². The minimum Gasteiger partial charge on any atom is -0.456 e. The van der Waals surface area contributed by atoms with Crippen LogP contribution in [-0.2, 0) is 14.7 Å². The molecule has 6 aromatic rings. The highest BCUT2D eigenvalue weighted by Crippen LogP contribution is 2.52. The summed E-state index contributed by atoms with van der Waals surface area (Å²) in [5, 5.41) is 2.23. The Bertz CT molecular complexity index is 2020. The molecule has 1 saturated heterocycles. The molecule has 4 nitrogen and oxygen atoms in total. The molecule has 2 aliphatic rings. The van der Waals surface area contributed by atoms with E-state index in [1.54, 1.807) is 0 Å². The maximum Gasteiger partial charge on any atom is 0.494 e. The largest absolute Gasteiger partial charge is 0.494 e. The third-order valence-corrected chi connectivity index (χ3v) is 10.1. The monoisotopic (exact) mass is 577 g/mol. The third-order valence-electron chi connectivity index (χ3n) is 10.1. The smallest absolute Gasteiger partial charge is 0.456 e. The lowest BCUT2D eigenvalue weighted by Crippen LogP contribution is -2.41. The van der Waals surface area contributed by atoms with Gasteiger partial charge in [0.05, 0.1) is 22.6 Å². The van der Waals surface area contributed by atoms with Crippen LogP contribution >= 0.6 is 0 Å². The van der Waals surface area contributed by atoms with Gasteiger partial charge in [-0.05, 0) is 97.9 Å². The van der Waals surface area contributed by atoms with Crippen molar-refractivity contribution in [2.45, 2.75) is 58.2 Å². The summed E-state index contributed by atoms with van der Waals surface area (Å²) in [4.78, 5) is 2.40. The molecule has 0 atom stereocenters. The molecule has 1 fully saturated rings. The Labute approximate surface area is 259 Å². The number of furan rings is 1. The van der Waals surface area contributed by atoms with E-state index in [1.165, 1.54) is 22.5 Å². The van der Waals surface area contributed by atoms with Crippen molar-refractivity contribution in [3.63, 3.8) is 0 Å². The molecule has 2 aliphatic heterocycles. The second kappa shape index (κ2) is 9.34. The summed E-state index contributed by atoms with van der Waals surface area (Å²) in [6.45, 7) is 13.1. The molecule has 5 aromatic carbocycles. The van der Waals surface area contributed by atoms with Crippen LogP contribution in [0.1, 0.15) is 52.7 Å². The van der Waals surface area contributed by atoms with Crippen molar-refractivity contribution in [2.24, 2.45) is 0 Å². The van der Waals surface area contributed by atoms with E-state index in [4.69, 9.17) is 13.7 Å². The van der Waals surface area contributed by atoms with Crippen LogP contribution in [0.15, 0.2) is 114 Å². The normalized spacial score (nSPS) is 18.0. The minimum atomic E-state index is -0.496. The summed E-state index contributed by atoms with van der Waals surface area (Å²) in [6.07, 6.45) is 0. The molecule has 0 amide bonds. The maximum atomic E-state index is 6.62. The van der Waals surface area contributed by atoms with Crippen molar-refractivity contribution in [3.8, 4) is 11.1 Å². The average molecular weight is 578 g/mol. The molecular formula is C39H36BNO3. The summed E-state index contributed by atoms with van der Waals surface area (Å²) < 4.78 is 19.4. The quantitative estimate of drug-likeness (QED) is 0.196. The first kappa shape index (κ1) is 27.2.